The first-order valence-corrected chi connectivity index (χ1v) is 6.69. The summed E-state index contributed by atoms with van der Waals surface area (Å²) in [5, 5.41) is 3.25. The highest BCUT2D eigenvalue weighted by atomic mass is 19.1. The van der Waals surface area contributed by atoms with Crippen molar-refractivity contribution >= 4 is 17.3 Å². The monoisotopic (exact) mass is 274 g/mol. The Bertz CT molecular complexity index is 586. The van der Waals surface area contributed by atoms with Gasteiger partial charge in [0.05, 0.1) is 5.69 Å². The van der Waals surface area contributed by atoms with Gasteiger partial charge in [0.15, 0.2) is 0 Å². The molecule has 1 aromatic heterocycles. The van der Waals surface area contributed by atoms with E-state index < -0.39 is 0 Å². The van der Waals surface area contributed by atoms with E-state index in [1.807, 2.05) is 13.0 Å². The van der Waals surface area contributed by atoms with Gasteiger partial charge in [0.1, 0.15) is 23.8 Å². The van der Waals surface area contributed by atoms with Crippen molar-refractivity contribution in [1.29, 1.82) is 0 Å². The van der Waals surface area contributed by atoms with Crippen molar-refractivity contribution in [3.63, 3.8) is 0 Å². The van der Waals surface area contributed by atoms with Gasteiger partial charge in [-0.1, -0.05) is 19.1 Å². The molecule has 0 saturated heterocycles. The van der Waals surface area contributed by atoms with Crippen molar-refractivity contribution in [3.05, 3.63) is 42.0 Å². The predicted molar refractivity (Wildman–Crippen MR) is 80.0 cm³/mol. The van der Waals surface area contributed by atoms with Gasteiger partial charge in [0.2, 0.25) is 0 Å². The molecule has 0 aliphatic carbocycles. The summed E-state index contributed by atoms with van der Waals surface area (Å²) in [5.74, 6) is 1.22. The number of halogens is 1. The summed E-state index contributed by atoms with van der Waals surface area (Å²) >= 11 is 0. The molecule has 0 amide bonds. The molecule has 0 spiro atoms. The molecule has 0 saturated carbocycles. The van der Waals surface area contributed by atoms with Gasteiger partial charge in [-0.25, -0.2) is 14.4 Å². The SMILES string of the molecule is CCCNc1ncnc(N(C)c2ccccc2F)c1C. The van der Waals surface area contributed by atoms with Gasteiger partial charge in [-0.3, -0.25) is 0 Å². The fourth-order valence-electron chi connectivity index (χ4n) is 2.04. The van der Waals surface area contributed by atoms with Crippen molar-refractivity contribution < 1.29 is 4.39 Å². The van der Waals surface area contributed by atoms with E-state index in [4.69, 9.17) is 0 Å². The third kappa shape index (κ3) is 2.87. The van der Waals surface area contributed by atoms with Crippen LogP contribution in [0.25, 0.3) is 0 Å². The van der Waals surface area contributed by atoms with E-state index in [-0.39, 0.29) is 5.82 Å². The van der Waals surface area contributed by atoms with Crippen LogP contribution in [0.4, 0.5) is 21.7 Å². The predicted octanol–water partition coefficient (Wildman–Crippen LogP) is 3.51. The van der Waals surface area contributed by atoms with Crippen LogP contribution in [-0.2, 0) is 0 Å². The topological polar surface area (TPSA) is 41.1 Å². The fourth-order valence-corrected chi connectivity index (χ4v) is 2.04. The number of hydrogen-bond donors (Lipinski definition) is 1. The Morgan fingerprint density at radius 3 is 2.70 bits per heavy atom. The average molecular weight is 274 g/mol. The maximum absolute atomic E-state index is 13.9. The first-order chi connectivity index (χ1) is 9.65. The van der Waals surface area contributed by atoms with Crippen molar-refractivity contribution in [2.75, 3.05) is 23.8 Å². The van der Waals surface area contributed by atoms with Gasteiger partial charge in [-0.05, 0) is 25.5 Å². The highest BCUT2D eigenvalue weighted by molar-refractivity contribution is 5.66. The highest BCUT2D eigenvalue weighted by Gasteiger charge is 2.14. The second-order valence-corrected chi connectivity index (χ2v) is 4.61. The lowest BCUT2D eigenvalue weighted by Crippen LogP contribution is -2.16. The molecule has 2 rings (SSSR count). The summed E-state index contributed by atoms with van der Waals surface area (Å²) in [6.45, 7) is 4.88. The van der Waals surface area contributed by atoms with E-state index in [2.05, 4.69) is 22.2 Å². The summed E-state index contributed by atoms with van der Waals surface area (Å²) in [6.07, 6.45) is 2.51. The largest absolute Gasteiger partial charge is 0.370 e. The molecule has 106 valence electrons. The smallest absolute Gasteiger partial charge is 0.146 e. The lowest BCUT2D eigenvalue weighted by Gasteiger charge is -2.21. The number of aromatic nitrogens is 2. The third-order valence-corrected chi connectivity index (χ3v) is 3.13. The minimum atomic E-state index is -0.268. The molecule has 4 nitrogen and oxygen atoms in total. The van der Waals surface area contributed by atoms with Gasteiger partial charge < -0.3 is 10.2 Å². The van der Waals surface area contributed by atoms with Crippen molar-refractivity contribution in [1.82, 2.24) is 9.97 Å². The number of anilines is 3. The highest BCUT2D eigenvalue weighted by Crippen LogP contribution is 2.29. The molecular weight excluding hydrogens is 255 g/mol. The molecule has 0 unspecified atom stereocenters. The minimum absolute atomic E-state index is 0.268. The van der Waals surface area contributed by atoms with Crippen LogP contribution >= 0.6 is 0 Å². The number of rotatable bonds is 5. The summed E-state index contributed by atoms with van der Waals surface area (Å²) in [5.41, 5.74) is 1.41. The Kier molecular flexibility index (Phi) is 4.50. The number of nitrogens with one attached hydrogen (secondary N) is 1. The van der Waals surface area contributed by atoms with Gasteiger partial charge in [-0.2, -0.15) is 0 Å². The Labute approximate surface area is 118 Å². The lowest BCUT2D eigenvalue weighted by atomic mass is 10.2. The Hall–Kier alpha value is -2.17. The molecule has 20 heavy (non-hydrogen) atoms. The molecular formula is C15H19FN4. The third-order valence-electron chi connectivity index (χ3n) is 3.13. The number of benzene rings is 1. The van der Waals surface area contributed by atoms with Crippen LogP contribution in [0.15, 0.2) is 30.6 Å². The molecule has 0 aliphatic heterocycles. The number of para-hydroxylation sites is 1. The second kappa shape index (κ2) is 6.32. The van der Waals surface area contributed by atoms with Crippen LogP contribution < -0.4 is 10.2 Å². The molecule has 0 fully saturated rings. The van der Waals surface area contributed by atoms with Crippen LogP contribution in [0.2, 0.25) is 0 Å². The van der Waals surface area contributed by atoms with E-state index in [9.17, 15) is 4.39 Å². The van der Waals surface area contributed by atoms with Crippen molar-refractivity contribution in [2.24, 2.45) is 0 Å². The molecule has 0 bridgehead atoms. The summed E-state index contributed by atoms with van der Waals surface area (Å²) in [7, 11) is 1.80. The summed E-state index contributed by atoms with van der Waals surface area (Å²) in [4.78, 5) is 10.2. The zero-order valence-corrected chi connectivity index (χ0v) is 12.0. The average Bonchev–Trinajstić information content (AvgIpc) is 2.46. The quantitative estimate of drug-likeness (QED) is 0.905. The first-order valence-electron chi connectivity index (χ1n) is 6.69. The molecule has 0 aliphatic rings. The molecule has 0 radical (unpaired) electrons. The molecule has 1 N–H and O–H groups in total. The first kappa shape index (κ1) is 14.2. The Morgan fingerprint density at radius 2 is 2.00 bits per heavy atom. The van der Waals surface area contributed by atoms with Crippen LogP contribution in [0, 0.1) is 12.7 Å². The van der Waals surface area contributed by atoms with Crippen LogP contribution in [-0.4, -0.2) is 23.6 Å². The maximum atomic E-state index is 13.9. The number of nitrogens with zero attached hydrogens (tertiary/aromatic N) is 3. The van der Waals surface area contributed by atoms with E-state index in [0.29, 0.717) is 11.5 Å². The molecule has 5 heteroatoms. The Morgan fingerprint density at radius 1 is 1.25 bits per heavy atom. The summed E-state index contributed by atoms with van der Waals surface area (Å²) < 4.78 is 13.9. The van der Waals surface area contributed by atoms with E-state index in [1.165, 1.54) is 12.4 Å². The minimum Gasteiger partial charge on any atom is -0.370 e. The molecule has 1 aromatic carbocycles. The van der Waals surface area contributed by atoms with Gasteiger partial charge in [0.25, 0.3) is 0 Å². The zero-order chi connectivity index (χ0) is 14.5. The van der Waals surface area contributed by atoms with Crippen molar-refractivity contribution in [3.8, 4) is 0 Å². The zero-order valence-electron chi connectivity index (χ0n) is 12.0. The Balaban J connectivity index is 2.35. The number of hydrogen-bond acceptors (Lipinski definition) is 4. The van der Waals surface area contributed by atoms with E-state index in [1.54, 1.807) is 24.1 Å². The van der Waals surface area contributed by atoms with Crippen LogP contribution in [0.1, 0.15) is 18.9 Å². The van der Waals surface area contributed by atoms with E-state index >= 15 is 0 Å². The summed E-state index contributed by atoms with van der Waals surface area (Å²) in [6, 6.07) is 6.66. The van der Waals surface area contributed by atoms with Crippen LogP contribution in [0.5, 0.6) is 0 Å². The molecule has 0 atom stereocenters. The van der Waals surface area contributed by atoms with Crippen LogP contribution in [0.3, 0.4) is 0 Å². The van der Waals surface area contributed by atoms with Gasteiger partial charge >= 0.3 is 0 Å². The molecule has 2 aromatic rings. The van der Waals surface area contributed by atoms with E-state index in [0.717, 1.165) is 24.3 Å². The maximum Gasteiger partial charge on any atom is 0.146 e. The van der Waals surface area contributed by atoms with Gasteiger partial charge in [-0.15, -0.1) is 0 Å². The van der Waals surface area contributed by atoms with Gasteiger partial charge in [0, 0.05) is 19.2 Å². The fraction of sp³-hybridized carbons (Fsp3) is 0.333. The molecule has 1 heterocycles. The lowest BCUT2D eigenvalue weighted by molar-refractivity contribution is 0.627. The normalized spacial score (nSPS) is 10.4. The second-order valence-electron chi connectivity index (χ2n) is 4.61. The van der Waals surface area contributed by atoms with Crippen molar-refractivity contribution in [2.45, 2.75) is 20.3 Å². The standard InChI is InChI=1S/C15H19FN4/c1-4-9-17-14-11(2)15(19-10-18-14)20(3)13-8-6-5-7-12(13)16/h5-8,10H,4,9H2,1-3H3,(H,17,18,19).